The number of rotatable bonds is 8. The van der Waals surface area contributed by atoms with Gasteiger partial charge in [0.25, 0.3) is 0 Å². The maximum atomic E-state index is 6.11. The van der Waals surface area contributed by atoms with Crippen molar-refractivity contribution in [3.8, 4) is 0 Å². The van der Waals surface area contributed by atoms with Gasteiger partial charge in [-0.1, -0.05) is 0 Å². The Hall–Kier alpha value is -0.530. The van der Waals surface area contributed by atoms with Crippen molar-refractivity contribution in [2.24, 2.45) is 0 Å². The minimum Gasteiger partial charge on any atom is -0.464 e. The van der Waals surface area contributed by atoms with Gasteiger partial charge in [-0.3, -0.25) is 0 Å². The third kappa shape index (κ3) is 6.00. The third-order valence-corrected chi connectivity index (χ3v) is 5.99. The summed E-state index contributed by atoms with van der Waals surface area (Å²) in [7, 11) is 4.12. The van der Waals surface area contributed by atoms with Crippen LogP contribution in [0.3, 0.4) is 0 Å². The molecule has 0 radical (unpaired) electrons. The van der Waals surface area contributed by atoms with Crippen LogP contribution in [0.5, 0.6) is 0 Å². The second-order valence-corrected chi connectivity index (χ2v) is 8.55. The molecule has 1 aromatic heterocycles. The molecule has 1 aromatic rings. The second kappa shape index (κ2) is 9.42. The van der Waals surface area contributed by atoms with Crippen molar-refractivity contribution in [3.05, 3.63) is 23.7 Å². The fourth-order valence-corrected chi connectivity index (χ4v) is 4.46. The summed E-state index contributed by atoms with van der Waals surface area (Å²) in [6, 6.07) is 4.78. The lowest BCUT2D eigenvalue weighted by Gasteiger charge is -2.43. The van der Waals surface area contributed by atoms with Gasteiger partial charge >= 0.3 is 0 Å². The summed E-state index contributed by atoms with van der Waals surface area (Å²) < 4.78 is 17.5. The number of nitrogens with zero attached hydrogens (tertiary/aromatic N) is 1. The summed E-state index contributed by atoms with van der Waals surface area (Å²) in [6.45, 7) is 4.49. The molecular weight excluding hydrogens is 336 g/mol. The molecule has 142 valence electrons. The lowest BCUT2D eigenvalue weighted by atomic mass is 9.84. The van der Waals surface area contributed by atoms with Gasteiger partial charge in [0.15, 0.2) is 0 Å². The molecule has 1 N–H and O–H groups in total. The van der Waals surface area contributed by atoms with Crippen LogP contribution in [-0.2, 0) is 21.8 Å². The van der Waals surface area contributed by atoms with Crippen LogP contribution in [-0.4, -0.2) is 62.8 Å². The van der Waals surface area contributed by atoms with Crippen LogP contribution in [0.2, 0.25) is 0 Å². The first-order valence-electron chi connectivity index (χ1n) is 9.40. The predicted octanol–water partition coefficient (Wildman–Crippen LogP) is 2.89. The van der Waals surface area contributed by atoms with Gasteiger partial charge in [-0.25, -0.2) is 0 Å². The number of nitrogens with one attached hydrogen (secondary N) is 1. The molecular formula is C19H32N2O3S. The standard InChI is InChI=1S/C19H32N2O3S/c1-21(2)14-17-3-4-18(24-17)15-25-12-8-20-16-5-9-23-19(13-16)6-10-22-11-7-19/h3-4,16,20H,5-15H2,1-2H3/t16-/m0/s1. The molecule has 5 nitrogen and oxygen atoms in total. The van der Waals surface area contributed by atoms with Gasteiger partial charge in [-0.05, 0) is 51.9 Å². The van der Waals surface area contributed by atoms with Crippen molar-refractivity contribution in [3.63, 3.8) is 0 Å². The highest BCUT2D eigenvalue weighted by Crippen LogP contribution is 2.34. The van der Waals surface area contributed by atoms with Crippen molar-refractivity contribution in [2.75, 3.05) is 46.2 Å². The minimum absolute atomic E-state index is 0.0817. The van der Waals surface area contributed by atoms with E-state index in [-0.39, 0.29) is 5.60 Å². The van der Waals surface area contributed by atoms with Gasteiger partial charge in [0.2, 0.25) is 0 Å². The summed E-state index contributed by atoms with van der Waals surface area (Å²) in [5.41, 5.74) is 0.0817. The molecule has 25 heavy (non-hydrogen) atoms. The first-order chi connectivity index (χ1) is 12.2. The fraction of sp³-hybridized carbons (Fsp3) is 0.789. The molecule has 0 bridgehead atoms. The van der Waals surface area contributed by atoms with Gasteiger partial charge in [0.1, 0.15) is 11.5 Å². The van der Waals surface area contributed by atoms with Crippen LogP contribution in [0.15, 0.2) is 16.5 Å². The summed E-state index contributed by atoms with van der Waals surface area (Å²) >= 11 is 1.93. The topological polar surface area (TPSA) is 46.9 Å². The van der Waals surface area contributed by atoms with Crippen LogP contribution >= 0.6 is 11.8 Å². The number of ether oxygens (including phenoxy) is 2. The van der Waals surface area contributed by atoms with Crippen LogP contribution < -0.4 is 5.32 Å². The average molecular weight is 369 g/mol. The van der Waals surface area contributed by atoms with E-state index in [0.29, 0.717) is 6.04 Å². The van der Waals surface area contributed by atoms with Crippen molar-refractivity contribution in [2.45, 2.75) is 49.6 Å². The Labute approximate surface area is 155 Å². The monoisotopic (exact) mass is 368 g/mol. The Morgan fingerprint density at radius 3 is 2.80 bits per heavy atom. The van der Waals surface area contributed by atoms with Crippen LogP contribution in [0.4, 0.5) is 0 Å². The normalized spacial score (nSPS) is 23.4. The van der Waals surface area contributed by atoms with Gasteiger partial charge in [-0.15, -0.1) is 0 Å². The molecule has 6 heteroatoms. The number of hydrogen-bond donors (Lipinski definition) is 1. The molecule has 3 rings (SSSR count). The van der Waals surface area contributed by atoms with E-state index in [2.05, 4.69) is 36.4 Å². The Bertz CT molecular complexity index is 509. The number of furan rings is 1. The van der Waals surface area contributed by atoms with Crippen LogP contribution in [0.1, 0.15) is 37.2 Å². The smallest absolute Gasteiger partial charge is 0.118 e. The average Bonchev–Trinajstić information content (AvgIpc) is 3.02. The molecule has 1 spiro atoms. The molecule has 3 heterocycles. The van der Waals surface area contributed by atoms with Gasteiger partial charge < -0.3 is 24.1 Å². The molecule has 0 saturated carbocycles. The fourth-order valence-electron chi connectivity index (χ4n) is 3.70. The van der Waals surface area contributed by atoms with E-state index in [9.17, 15) is 0 Å². The van der Waals surface area contributed by atoms with E-state index in [0.717, 1.165) is 81.6 Å². The van der Waals surface area contributed by atoms with E-state index in [4.69, 9.17) is 13.9 Å². The van der Waals surface area contributed by atoms with Crippen molar-refractivity contribution < 1.29 is 13.9 Å². The van der Waals surface area contributed by atoms with Crippen molar-refractivity contribution in [1.29, 1.82) is 0 Å². The van der Waals surface area contributed by atoms with E-state index in [1.165, 1.54) is 0 Å². The number of hydrogen-bond acceptors (Lipinski definition) is 6. The van der Waals surface area contributed by atoms with E-state index in [1.807, 2.05) is 11.8 Å². The highest BCUT2D eigenvalue weighted by atomic mass is 32.2. The van der Waals surface area contributed by atoms with Gasteiger partial charge in [0.05, 0.1) is 17.9 Å². The third-order valence-electron chi connectivity index (χ3n) is 5.01. The zero-order valence-corrected chi connectivity index (χ0v) is 16.4. The van der Waals surface area contributed by atoms with Crippen LogP contribution in [0, 0.1) is 0 Å². The summed E-state index contributed by atoms with van der Waals surface area (Å²) in [5, 5.41) is 3.73. The number of thioether (sulfide) groups is 1. The SMILES string of the molecule is CN(C)Cc1ccc(CSCCN[C@H]2CCOC3(CCOCC3)C2)o1. The largest absolute Gasteiger partial charge is 0.464 e. The Balaban J connectivity index is 1.31. The van der Waals surface area contributed by atoms with Crippen molar-refractivity contribution >= 4 is 11.8 Å². The zero-order valence-electron chi connectivity index (χ0n) is 15.6. The molecule has 0 aliphatic carbocycles. The lowest BCUT2D eigenvalue weighted by molar-refractivity contribution is -0.140. The van der Waals surface area contributed by atoms with E-state index in [1.54, 1.807) is 0 Å². The first-order valence-corrected chi connectivity index (χ1v) is 10.6. The Morgan fingerprint density at radius 2 is 2.00 bits per heavy atom. The summed E-state index contributed by atoms with van der Waals surface area (Å²) in [4.78, 5) is 2.12. The highest BCUT2D eigenvalue weighted by Gasteiger charge is 2.38. The molecule has 2 aliphatic rings. The Kier molecular flexibility index (Phi) is 7.25. The molecule has 0 amide bonds. The molecule has 2 fully saturated rings. The van der Waals surface area contributed by atoms with Gasteiger partial charge in [-0.2, -0.15) is 11.8 Å². The molecule has 2 saturated heterocycles. The van der Waals surface area contributed by atoms with E-state index >= 15 is 0 Å². The zero-order chi connectivity index (χ0) is 17.5. The summed E-state index contributed by atoms with van der Waals surface area (Å²) in [6.07, 6.45) is 4.36. The molecule has 1 atom stereocenters. The Morgan fingerprint density at radius 1 is 1.20 bits per heavy atom. The lowest BCUT2D eigenvalue weighted by Crippen LogP contribution is -2.50. The molecule has 0 aromatic carbocycles. The maximum Gasteiger partial charge on any atom is 0.118 e. The van der Waals surface area contributed by atoms with E-state index < -0.39 is 0 Å². The van der Waals surface area contributed by atoms with Gasteiger partial charge in [0, 0.05) is 38.2 Å². The van der Waals surface area contributed by atoms with Crippen molar-refractivity contribution in [1.82, 2.24) is 10.2 Å². The molecule has 0 unspecified atom stereocenters. The minimum atomic E-state index is 0.0817. The quantitative estimate of drug-likeness (QED) is 0.712. The highest BCUT2D eigenvalue weighted by molar-refractivity contribution is 7.98. The predicted molar refractivity (Wildman–Crippen MR) is 102 cm³/mol. The maximum absolute atomic E-state index is 6.11. The second-order valence-electron chi connectivity index (χ2n) is 7.45. The summed E-state index contributed by atoms with van der Waals surface area (Å²) in [5.74, 6) is 4.18. The molecule has 2 aliphatic heterocycles. The van der Waals surface area contributed by atoms with Crippen LogP contribution in [0.25, 0.3) is 0 Å². The first kappa shape index (κ1) is 19.2.